The van der Waals surface area contributed by atoms with Gasteiger partial charge in [0, 0.05) is 55.9 Å². The average Bonchev–Trinajstić information content (AvgIpc) is 3.61. The van der Waals surface area contributed by atoms with Gasteiger partial charge in [0.2, 0.25) is 5.91 Å². The third kappa shape index (κ3) is 6.49. The second kappa shape index (κ2) is 13.2. The van der Waals surface area contributed by atoms with Crippen LogP contribution < -0.4 is 0 Å². The molecule has 45 heavy (non-hydrogen) atoms. The summed E-state index contributed by atoms with van der Waals surface area (Å²) in [6.07, 6.45) is 5.57. The van der Waals surface area contributed by atoms with E-state index in [1.54, 1.807) is 0 Å². The lowest BCUT2D eigenvalue weighted by Crippen LogP contribution is -2.48. The molecular weight excluding hydrogens is 598 g/mol. The molecule has 1 amide bonds. The van der Waals surface area contributed by atoms with Crippen LogP contribution in [0, 0.1) is 35.5 Å². The first kappa shape index (κ1) is 33.7. The molecule has 2 unspecified atom stereocenters. The predicted molar refractivity (Wildman–Crippen MR) is 169 cm³/mol. The number of allylic oxidation sites excluding steroid dienone is 5. The summed E-state index contributed by atoms with van der Waals surface area (Å²) in [6.45, 7) is 13.4. The second-order valence-corrected chi connectivity index (χ2v) is 14.1. The normalized spacial score (nSPS) is 27.6. The summed E-state index contributed by atoms with van der Waals surface area (Å²) in [5.41, 5.74) is 0.964. The lowest BCUT2D eigenvalue weighted by Gasteiger charge is -2.41. The Bertz CT molecular complexity index is 1420. The summed E-state index contributed by atoms with van der Waals surface area (Å²) in [6, 6.07) is 4.65. The number of halogens is 3. The molecule has 1 spiro atoms. The van der Waals surface area contributed by atoms with E-state index in [-0.39, 0.29) is 17.5 Å². The summed E-state index contributed by atoms with van der Waals surface area (Å²) >= 11 is 6.47. The smallest absolute Gasteiger partial charge is 0.226 e. The average molecular weight is 643 g/mol. The Kier molecular flexibility index (Phi) is 9.91. The van der Waals surface area contributed by atoms with Crippen LogP contribution in [0.3, 0.4) is 0 Å². The highest BCUT2D eigenvalue weighted by atomic mass is 35.5. The molecule has 3 fully saturated rings. The Morgan fingerprint density at radius 1 is 1.22 bits per heavy atom. The third-order valence-electron chi connectivity index (χ3n) is 10.6. The zero-order valence-electron chi connectivity index (χ0n) is 27.0. The van der Waals surface area contributed by atoms with Crippen LogP contribution in [0.2, 0.25) is 5.02 Å². The number of nitrogens with zero attached hydrogens (tertiary/aromatic N) is 4. The maximum absolute atomic E-state index is 15.3. The minimum Gasteiger partial charge on any atom is -0.381 e. The zero-order valence-corrected chi connectivity index (χ0v) is 27.8. The van der Waals surface area contributed by atoms with Gasteiger partial charge in [0.05, 0.1) is 27.9 Å². The van der Waals surface area contributed by atoms with Crippen molar-refractivity contribution in [2.45, 2.75) is 90.0 Å². The molecule has 0 radical (unpaired) electrons. The number of pyridine rings is 1. The lowest BCUT2D eigenvalue weighted by molar-refractivity contribution is -0.153. The topological polar surface area (TPSA) is 78.7 Å². The molecule has 7 nitrogen and oxygen atoms in total. The molecule has 1 aromatic rings. The van der Waals surface area contributed by atoms with Gasteiger partial charge in [0.1, 0.15) is 23.4 Å². The summed E-state index contributed by atoms with van der Waals surface area (Å²) < 4.78 is 41.6. The van der Waals surface area contributed by atoms with Crippen molar-refractivity contribution in [2.75, 3.05) is 33.4 Å². The second-order valence-electron chi connectivity index (χ2n) is 13.7. The van der Waals surface area contributed by atoms with Crippen LogP contribution in [0.15, 0.2) is 42.0 Å². The molecule has 4 heterocycles. The number of aryl methyl sites for hydroxylation is 1. The van der Waals surface area contributed by atoms with E-state index in [0.29, 0.717) is 68.7 Å². The number of hydrogen-bond donors (Lipinski definition) is 0. The number of piperidine rings is 1. The summed E-state index contributed by atoms with van der Waals surface area (Å²) in [7, 11) is 2.08. The lowest BCUT2D eigenvalue weighted by atomic mass is 9.82. The van der Waals surface area contributed by atoms with Crippen molar-refractivity contribution in [1.82, 2.24) is 14.8 Å². The van der Waals surface area contributed by atoms with E-state index >= 15 is 4.39 Å². The van der Waals surface area contributed by atoms with Gasteiger partial charge in [0.25, 0.3) is 0 Å². The molecule has 0 bridgehead atoms. The first-order valence-corrected chi connectivity index (χ1v) is 16.4. The van der Waals surface area contributed by atoms with E-state index < -0.39 is 40.6 Å². The largest absolute Gasteiger partial charge is 0.381 e. The zero-order chi connectivity index (χ0) is 32.7. The number of nitriles is 1. The van der Waals surface area contributed by atoms with Gasteiger partial charge < -0.3 is 19.3 Å². The van der Waals surface area contributed by atoms with Crippen LogP contribution in [-0.4, -0.2) is 66.1 Å². The molecule has 1 saturated carbocycles. The van der Waals surface area contributed by atoms with Gasteiger partial charge in [-0.25, -0.2) is 8.78 Å². The van der Waals surface area contributed by atoms with Gasteiger partial charge in [0.15, 0.2) is 0 Å². The Hall–Kier alpha value is -2.64. The molecule has 3 aliphatic heterocycles. The quantitative estimate of drug-likeness (QED) is 0.291. The number of ether oxygens (including phenoxy) is 2. The molecule has 4 atom stereocenters. The number of rotatable bonds is 7. The molecular formula is C35H45ClF2N4O3. The summed E-state index contributed by atoms with van der Waals surface area (Å²) in [4.78, 5) is 23.3. The van der Waals surface area contributed by atoms with Gasteiger partial charge in [-0.15, -0.1) is 0 Å². The predicted octanol–water partition coefficient (Wildman–Crippen LogP) is 7.27. The number of carbonyl (C=O) groups is 1. The van der Waals surface area contributed by atoms with Crippen molar-refractivity contribution in [1.29, 1.82) is 5.26 Å². The van der Waals surface area contributed by atoms with Gasteiger partial charge in [-0.3, -0.25) is 9.78 Å². The fourth-order valence-electron chi connectivity index (χ4n) is 7.64. The van der Waals surface area contributed by atoms with Crippen molar-refractivity contribution >= 4 is 17.5 Å². The fourth-order valence-corrected chi connectivity index (χ4v) is 7.80. The molecule has 1 aromatic heterocycles. The Morgan fingerprint density at radius 3 is 2.49 bits per heavy atom. The highest BCUT2D eigenvalue weighted by Gasteiger charge is 2.54. The first-order chi connectivity index (χ1) is 21.3. The minimum absolute atomic E-state index is 0.0365. The van der Waals surface area contributed by atoms with E-state index in [9.17, 15) is 14.4 Å². The highest BCUT2D eigenvalue weighted by molar-refractivity contribution is 6.31. The van der Waals surface area contributed by atoms with Crippen LogP contribution in [0.4, 0.5) is 8.78 Å². The van der Waals surface area contributed by atoms with Crippen molar-refractivity contribution in [3.63, 3.8) is 0 Å². The van der Waals surface area contributed by atoms with Crippen molar-refractivity contribution in [2.24, 2.45) is 17.3 Å². The highest BCUT2D eigenvalue weighted by Crippen LogP contribution is 2.55. The third-order valence-corrected chi connectivity index (χ3v) is 10.9. The monoisotopic (exact) mass is 642 g/mol. The maximum Gasteiger partial charge on any atom is 0.226 e. The Morgan fingerprint density at radius 2 is 1.87 bits per heavy atom. The van der Waals surface area contributed by atoms with Crippen LogP contribution >= 0.6 is 11.6 Å². The van der Waals surface area contributed by atoms with E-state index in [1.165, 1.54) is 13.0 Å². The molecule has 2 saturated heterocycles. The molecule has 1 aliphatic carbocycles. The molecule has 10 heteroatoms. The molecule has 4 aliphatic rings. The van der Waals surface area contributed by atoms with E-state index in [4.69, 9.17) is 26.1 Å². The van der Waals surface area contributed by atoms with E-state index in [0.717, 1.165) is 30.2 Å². The maximum atomic E-state index is 15.3. The van der Waals surface area contributed by atoms with Gasteiger partial charge in [-0.1, -0.05) is 24.3 Å². The fraction of sp³-hybridized carbons (Fsp3) is 0.629. The van der Waals surface area contributed by atoms with Crippen LogP contribution in [0.25, 0.3) is 0 Å². The number of fused-ring (bicyclic) bond motifs is 2. The number of aromatic nitrogens is 1. The molecule has 244 valence electrons. The van der Waals surface area contributed by atoms with Crippen molar-refractivity contribution in [3.8, 4) is 6.07 Å². The molecule has 0 aromatic carbocycles. The number of carbonyl (C=O) groups excluding carboxylic acids is 1. The van der Waals surface area contributed by atoms with Crippen molar-refractivity contribution < 1.29 is 23.0 Å². The van der Waals surface area contributed by atoms with E-state index in [1.807, 2.05) is 31.7 Å². The number of amides is 1. The standard InChI is InChI=1S/C35H45ClF2N4O3/c1-7-23(37)16-30(38)21(2)26-17-25(41(6)24-8-14-44-15-9-24)18-27(26)33(43)42-12-10-35(11-13-42)31-28(19-29(36)22(3)40-31)32(45-35)34(4,5)20-39/h7,16,19,24-27,32H,2,8-15,17-18H2,1,3-6H3/b23-7+,30-16+/t25?,26-,27+,32?/m0/s1. The minimum atomic E-state index is -0.807. The Labute approximate surface area is 270 Å². The van der Waals surface area contributed by atoms with Crippen LogP contribution in [0.5, 0.6) is 0 Å². The number of likely N-dealkylation sites (tertiary alicyclic amines) is 1. The summed E-state index contributed by atoms with van der Waals surface area (Å²) in [5.74, 6) is -2.36. The Balaban J connectivity index is 1.37. The van der Waals surface area contributed by atoms with Gasteiger partial charge >= 0.3 is 0 Å². The molecule has 5 rings (SSSR count). The number of hydrogen-bond acceptors (Lipinski definition) is 6. The van der Waals surface area contributed by atoms with Crippen LogP contribution in [-0.2, 0) is 19.9 Å². The van der Waals surface area contributed by atoms with Crippen molar-refractivity contribution in [3.05, 3.63) is 64.0 Å². The SMILES string of the molecule is C=C(/C(F)=C\C(F)=C/C)[C@@H]1CC(N(C)C2CCOCC2)C[C@H]1C(=O)N1CCC2(CC1)OC(C(C)(C)C#N)c1cc(Cl)c(C)nc12. The summed E-state index contributed by atoms with van der Waals surface area (Å²) in [5, 5.41) is 10.5. The van der Waals surface area contributed by atoms with Gasteiger partial charge in [-0.2, -0.15) is 5.26 Å². The first-order valence-electron chi connectivity index (χ1n) is 16.0. The van der Waals surface area contributed by atoms with Gasteiger partial charge in [-0.05, 0) is 90.8 Å². The van der Waals surface area contributed by atoms with E-state index in [2.05, 4.69) is 24.6 Å². The van der Waals surface area contributed by atoms with Crippen LogP contribution in [0.1, 0.15) is 82.4 Å². The molecule has 0 N–H and O–H groups in total.